The molecule has 7 heteroatoms. The Balaban J connectivity index is 1.56. The molecule has 1 fully saturated rings. The lowest BCUT2D eigenvalue weighted by Crippen LogP contribution is -2.67. The van der Waals surface area contributed by atoms with Gasteiger partial charge in [0.05, 0.1) is 46.8 Å². The summed E-state index contributed by atoms with van der Waals surface area (Å²) in [5.41, 5.74) is 4.13. The van der Waals surface area contributed by atoms with Crippen molar-refractivity contribution in [2.75, 3.05) is 20.3 Å². The fourth-order valence-electron chi connectivity index (χ4n) is 6.00. The molecule has 0 saturated heterocycles. The monoisotopic (exact) mass is 678 g/mol. The largest absolute Gasteiger partial charge is 0.497 e. The predicted molar refractivity (Wildman–Crippen MR) is 196 cm³/mol. The van der Waals surface area contributed by atoms with Crippen molar-refractivity contribution in [1.29, 1.82) is 0 Å². The normalized spacial score (nSPS) is 22.3. The molecule has 264 valence electrons. The number of ether oxygens (including phenoxy) is 7. The second kappa shape index (κ2) is 20.6. The minimum absolute atomic E-state index is 0.322. The predicted octanol–water partition coefficient (Wildman–Crippen LogP) is 8.27. The Morgan fingerprint density at radius 3 is 1.00 bits per heavy atom. The highest BCUT2D eigenvalue weighted by molar-refractivity contribution is 5.27. The maximum atomic E-state index is 6.90. The molecule has 0 aliphatic heterocycles. The number of rotatable bonds is 19. The van der Waals surface area contributed by atoms with Crippen molar-refractivity contribution in [2.45, 2.75) is 76.9 Å². The molecule has 1 saturated carbocycles. The lowest BCUT2D eigenvalue weighted by Gasteiger charge is -2.49. The number of hydrogen-bond acceptors (Lipinski definition) is 7. The summed E-state index contributed by atoms with van der Waals surface area (Å²) in [6.07, 6.45) is 4.57. The first-order valence-corrected chi connectivity index (χ1v) is 17.4. The summed E-state index contributed by atoms with van der Waals surface area (Å²) in [5, 5.41) is 0. The number of hydrogen-bond donors (Lipinski definition) is 0. The number of allylic oxidation sites excluding steroid dienone is 2. The summed E-state index contributed by atoms with van der Waals surface area (Å²) in [6.45, 7) is 6.12. The van der Waals surface area contributed by atoms with Gasteiger partial charge in [-0.1, -0.05) is 127 Å². The van der Waals surface area contributed by atoms with Crippen LogP contribution in [0.3, 0.4) is 0 Å². The third-order valence-electron chi connectivity index (χ3n) is 8.64. The molecular formula is C43H50O7. The van der Waals surface area contributed by atoms with Crippen molar-refractivity contribution in [3.05, 3.63) is 162 Å². The van der Waals surface area contributed by atoms with Crippen LogP contribution >= 0.6 is 0 Å². The first-order valence-electron chi connectivity index (χ1n) is 17.4. The summed E-state index contributed by atoms with van der Waals surface area (Å²) in [6, 6.07) is 38.3. The molecule has 1 aliphatic rings. The molecule has 5 rings (SSSR count). The van der Waals surface area contributed by atoms with Crippen LogP contribution in [0.2, 0.25) is 0 Å². The molecule has 50 heavy (non-hydrogen) atoms. The van der Waals surface area contributed by atoms with Crippen LogP contribution < -0.4 is 4.74 Å². The van der Waals surface area contributed by atoms with Crippen LogP contribution in [0.4, 0.5) is 0 Å². The van der Waals surface area contributed by atoms with Gasteiger partial charge in [0.1, 0.15) is 42.4 Å². The second-order valence-electron chi connectivity index (χ2n) is 12.1. The van der Waals surface area contributed by atoms with Crippen LogP contribution in [0, 0.1) is 0 Å². The van der Waals surface area contributed by atoms with Crippen molar-refractivity contribution >= 4 is 0 Å². The van der Waals surface area contributed by atoms with Crippen molar-refractivity contribution < 1.29 is 33.2 Å². The molecule has 4 aromatic rings. The van der Waals surface area contributed by atoms with Crippen LogP contribution in [0.25, 0.3) is 0 Å². The third-order valence-corrected chi connectivity index (χ3v) is 8.64. The molecule has 0 spiro atoms. The zero-order valence-corrected chi connectivity index (χ0v) is 29.3. The van der Waals surface area contributed by atoms with Gasteiger partial charge in [0.25, 0.3) is 0 Å². The highest BCUT2D eigenvalue weighted by atomic mass is 16.6. The molecule has 7 nitrogen and oxygen atoms in total. The van der Waals surface area contributed by atoms with Crippen LogP contribution in [0.5, 0.6) is 5.75 Å². The lowest BCUT2D eigenvalue weighted by molar-refractivity contribution is -0.286. The van der Waals surface area contributed by atoms with E-state index in [1.54, 1.807) is 7.11 Å². The molecule has 4 aromatic carbocycles. The minimum atomic E-state index is -0.581. The van der Waals surface area contributed by atoms with E-state index < -0.39 is 36.6 Å². The first-order chi connectivity index (χ1) is 24.7. The highest BCUT2D eigenvalue weighted by Crippen LogP contribution is 2.36. The molecule has 1 aliphatic carbocycles. The summed E-state index contributed by atoms with van der Waals surface area (Å²) in [4.78, 5) is 0. The van der Waals surface area contributed by atoms with E-state index >= 15 is 0 Å². The molecule has 0 unspecified atom stereocenters. The van der Waals surface area contributed by atoms with Crippen LogP contribution in [-0.2, 0) is 54.8 Å². The van der Waals surface area contributed by atoms with Gasteiger partial charge in [-0.2, -0.15) is 0 Å². The van der Waals surface area contributed by atoms with Crippen molar-refractivity contribution in [2.24, 2.45) is 0 Å². The summed E-state index contributed by atoms with van der Waals surface area (Å²) in [7, 11) is 1.66. The van der Waals surface area contributed by atoms with Gasteiger partial charge in [0.15, 0.2) is 0 Å². The van der Waals surface area contributed by atoms with Gasteiger partial charge >= 0.3 is 0 Å². The highest BCUT2D eigenvalue weighted by Gasteiger charge is 2.55. The average molecular weight is 679 g/mol. The molecule has 0 aromatic heterocycles. The minimum Gasteiger partial charge on any atom is -0.497 e. The van der Waals surface area contributed by atoms with E-state index in [4.69, 9.17) is 33.2 Å². The van der Waals surface area contributed by atoms with Crippen molar-refractivity contribution in [3.63, 3.8) is 0 Å². The molecule has 0 bridgehead atoms. The van der Waals surface area contributed by atoms with E-state index in [0.29, 0.717) is 39.6 Å². The van der Waals surface area contributed by atoms with Gasteiger partial charge < -0.3 is 33.2 Å². The Morgan fingerprint density at radius 2 is 0.700 bits per heavy atom. The zero-order valence-electron chi connectivity index (χ0n) is 29.3. The van der Waals surface area contributed by atoms with Gasteiger partial charge in [-0.25, -0.2) is 0 Å². The standard InChI is InChI=1S/C43H50O7/c1-4-6-27-45-38-39(46-28-7-5-2)41(48-30-34-19-13-9-14-20-34)43(50-32-36-23-25-37(44-3)26-24-36)42(49-31-35-21-15-10-16-22-35)40(38)47-29-33-17-11-8-12-18-33/h4-26,38-43H,27-32H2,1-3H3/b6-4+,7-5+/t38-,39-,40+,41+,42+,43-/m0/s1. The summed E-state index contributed by atoms with van der Waals surface area (Å²) in [5.74, 6) is 0.785. The molecule has 0 amide bonds. The molecule has 0 N–H and O–H groups in total. The Hall–Kier alpha value is -4.08. The fourth-order valence-corrected chi connectivity index (χ4v) is 6.00. The number of benzene rings is 4. The van der Waals surface area contributed by atoms with Crippen LogP contribution in [-0.4, -0.2) is 56.9 Å². The van der Waals surface area contributed by atoms with Crippen molar-refractivity contribution in [1.82, 2.24) is 0 Å². The maximum Gasteiger partial charge on any atom is 0.118 e. The Bertz CT molecular complexity index is 1540. The van der Waals surface area contributed by atoms with E-state index in [0.717, 1.165) is 28.0 Å². The quantitative estimate of drug-likeness (QED) is 0.0926. The van der Waals surface area contributed by atoms with E-state index in [9.17, 15) is 0 Å². The Labute approximate surface area is 297 Å². The van der Waals surface area contributed by atoms with E-state index in [1.165, 1.54) is 0 Å². The summed E-state index contributed by atoms with van der Waals surface area (Å²) < 4.78 is 46.2. The smallest absolute Gasteiger partial charge is 0.118 e. The Kier molecular flexibility index (Phi) is 15.3. The van der Waals surface area contributed by atoms with E-state index in [2.05, 4.69) is 36.4 Å². The van der Waals surface area contributed by atoms with Crippen molar-refractivity contribution in [3.8, 4) is 5.75 Å². The topological polar surface area (TPSA) is 64.6 Å². The van der Waals surface area contributed by atoms with Gasteiger partial charge in [0, 0.05) is 0 Å². The Morgan fingerprint density at radius 1 is 0.400 bits per heavy atom. The van der Waals surface area contributed by atoms with Gasteiger partial charge in [-0.3, -0.25) is 0 Å². The molecule has 0 radical (unpaired) electrons. The first kappa shape index (κ1) is 37.2. The molecule has 6 atom stereocenters. The van der Waals surface area contributed by atoms with Crippen LogP contribution in [0.15, 0.2) is 140 Å². The molecule has 0 heterocycles. The van der Waals surface area contributed by atoms with E-state index in [1.807, 2.05) is 117 Å². The average Bonchev–Trinajstić information content (AvgIpc) is 3.17. The van der Waals surface area contributed by atoms with E-state index in [-0.39, 0.29) is 0 Å². The zero-order chi connectivity index (χ0) is 34.8. The third kappa shape index (κ3) is 11.0. The van der Waals surface area contributed by atoms with Crippen LogP contribution in [0.1, 0.15) is 36.1 Å². The van der Waals surface area contributed by atoms with Gasteiger partial charge in [0.2, 0.25) is 0 Å². The van der Waals surface area contributed by atoms with Gasteiger partial charge in [-0.05, 0) is 48.2 Å². The fraction of sp³-hybridized carbons (Fsp3) is 0.349. The molecular weight excluding hydrogens is 628 g/mol. The van der Waals surface area contributed by atoms with Gasteiger partial charge in [-0.15, -0.1) is 0 Å². The lowest BCUT2D eigenvalue weighted by atomic mass is 9.83. The second-order valence-corrected chi connectivity index (χ2v) is 12.1. The SMILES string of the molecule is C/C=C/CO[C@H]1[C@H](OC/C=C/C)[C@@H](OCc2ccccc2)[C@@H](OCc2ccccc2)[C@@H](OCc2ccc(OC)cc2)[C@@H]1OCc1ccccc1. The number of methoxy groups -OCH3 is 1. The summed E-state index contributed by atoms with van der Waals surface area (Å²) >= 11 is 0. The maximum absolute atomic E-state index is 6.90.